The molecule has 0 bridgehead atoms. The zero-order valence-electron chi connectivity index (χ0n) is 17.8. The van der Waals surface area contributed by atoms with Gasteiger partial charge in [0.1, 0.15) is 6.54 Å². The van der Waals surface area contributed by atoms with Crippen molar-refractivity contribution < 1.29 is 4.79 Å². The number of rotatable bonds is 6. The van der Waals surface area contributed by atoms with E-state index in [1.54, 1.807) is 10.9 Å². The van der Waals surface area contributed by atoms with Crippen LogP contribution in [0.25, 0.3) is 22.2 Å². The third-order valence-corrected chi connectivity index (χ3v) is 5.31. The van der Waals surface area contributed by atoms with Crippen molar-refractivity contribution in [2.75, 3.05) is 0 Å². The molecule has 0 spiro atoms. The second kappa shape index (κ2) is 8.10. The Labute approximate surface area is 175 Å². The fourth-order valence-corrected chi connectivity index (χ4v) is 3.65. The van der Waals surface area contributed by atoms with Gasteiger partial charge in [-0.3, -0.25) is 9.48 Å². The van der Waals surface area contributed by atoms with Crippen LogP contribution in [0.4, 0.5) is 0 Å². The van der Waals surface area contributed by atoms with E-state index in [4.69, 9.17) is 0 Å². The van der Waals surface area contributed by atoms with Crippen molar-refractivity contribution in [3.8, 4) is 11.1 Å². The Balaban J connectivity index is 1.56. The van der Waals surface area contributed by atoms with Gasteiger partial charge in [0.05, 0.1) is 11.4 Å². The predicted molar refractivity (Wildman–Crippen MR) is 117 cm³/mol. The van der Waals surface area contributed by atoms with E-state index >= 15 is 0 Å². The van der Waals surface area contributed by atoms with Crippen LogP contribution in [0.1, 0.15) is 29.4 Å². The number of nitrogens with zero attached hydrogens (tertiary/aromatic N) is 5. The average Bonchev–Trinajstić information content (AvgIpc) is 3.26. The van der Waals surface area contributed by atoms with Gasteiger partial charge in [0.2, 0.25) is 5.91 Å². The number of carbonyl (C=O) groups is 1. The van der Waals surface area contributed by atoms with Gasteiger partial charge in [0.15, 0.2) is 5.65 Å². The average molecular weight is 403 g/mol. The van der Waals surface area contributed by atoms with E-state index in [1.807, 2.05) is 37.7 Å². The number of nitrogens with one attached hydrogen (secondary N) is 1. The van der Waals surface area contributed by atoms with Gasteiger partial charge >= 0.3 is 0 Å². The van der Waals surface area contributed by atoms with Crippen LogP contribution in [0.3, 0.4) is 0 Å². The van der Waals surface area contributed by atoms with Crippen LogP contribution in [-0.2, 0) is 24.4 Å². The highest BCUT2D eigenvalue weighted by Crippen LogP contribution is 2.29. The maximum Gasteiger partial charge on any atom is 0.242 e. The van der Waals surface area contributed by atoms with Crippen molar-refractivity contribution in [3.63, 3.8) is 0 Å². The second-order valence-electron chi connectivity index (χ2n) is 7.54. The predicted octanol–water partition coefficient (Wildman–Crippen LogP) is 3.56. The van der Waals surface area contributed by atoms with Crippen LogP contribution in [0.5, 0.6) is 0 Å². The lowest BCUT2D eigenvalue weighted by Gasteiger charge is -2.07. The van der Waals surface area contributed by atoms with Gasteiger partial charge in [0.25, 0.3) is 0 Å². The maximum atomic E-state index is 12.6. The Morgan fingerprint density at radius 2 is 1.80 bits per heavy atom. The smallest absolute Gasteiger partial charge is 0.242 e. The molecule has 0 atom stereocenters. The lowest BCUT2D eigenvalue weighted by molar-refractivity contribution is -0.121. The zero-order chi connectivity index (χ0) is 21.3. The van der Waals surface area contributed by atoms with E-state index in [1.165, 1.54) is 5.56 Å². The third-order valence-electron chi connectivity index (χ3n) is 5.31. The molecule has 0 saturated heterocycles. The van der Waals surface area contributed by atoms with Crippen LogP contribution >= 0.6 is 0 Å². The van der Waals surface area contributed by atoms with Crippen molar-refractivity contribution >= 4 is 16.9 Å². The van der Waals surface area contributed by atoms with E-state index in [0.717, 1.165) is 45.7 Å². The van der Waals surface area contributed by atoms with Crippen molar-refractivity contribution in [1.82, 2.24) is 29.9 Å². The summed E-state index contributed by atoms with van der Waals surface area (Å²) in [5.41, 5.74) is 6.94. The summed E-state index contributed by atoms with van der Waals surface area (Å²) in [6, 6.07) is 10.4. The van der Waals surface area contributed by atoms with E-state index in [9.17, 15) is 4.79 Å². The van der Waals surface area contributed by atoms with Gasteiger partial charge < -0.3 is 5.32 Å². The second-order valence-corrected chi connectivity index (χ2v) is 7.54. The van der Waals surface area contributed by atoms with Crippen LogP contribution in [-0.4, -0.2) is 30.5 Å². The third kappa shape index (κ3) is 3.83. The summed E-state index contributed by atoms with van der Waals surface area (Å²) in [6.07, 6.45) is 3.74. The molecule has 0 aliphatic heterocycles. The lowest BCUT2D eigenvalue weighted by Crippen LogP contribution is -2.27. The molecular weight excluding hydrogens is 376 g/mol. The highest BCUT2D eigenvalue weighted by Gasteiger charge is 2.16. The Morgan fingerprint density at radius 1 is 1.03 bits per heavy atom. The monoisotopic (exact) mass is 402 g/mol. The van der Waals surface area contributed by atoms with Crippen molar-refractivity contribution in [1.29, 1.82) is 0 Å². The fourth-order valence-electron chi connectivity index (χ4n) is 3.65. The van der Waals surface area contributed by atoms with Gasteiger partial charge in [0, 0.05) is 36.4 Å². The van der Waals surface area contributed by atoms with E-state index in [2.05, 4.69) is 51.7 Å². The molecule has 30 heavy (non-hydrogen) atoms. The quantitative estimate of drug-likeness (QED) is 0.535. The molecule has 1 N–H and O–H groups in total. The summed E-state index contributed by atoms with van der Waals surface area (Å²) in [7, 11) is 0. The molecule has 154 valence electrons. The van der Waals surface area contributed by atoms with Crippen molar-refractivity contribution in [2.45, 2.75) is 47.3 Å². The molecule has 0 aliphatic carbocycles. The van der Waals surface area contributed by atoms with Crippen LogP contribution in [0, 0.1) is 20.8 Å². The lowest BCUT2D eigenvalue weighted by atomic mass is 10.0. The highest BCUT2D eigenvalue weighted by molar-refractivity contribution is 5.95. The van der Waals surface area contributed by atoms with E-state index in [0.29, 0.717) is 6.54 Å². The summed E-state index contributed by atoms with van der Waals surface area (Å²) in [6.45, 7) is 9.40. The number of hydrogen-bond donors (Lipinski definition) is 1. The number of hydrogen-bond acceptors (Lipinski definition) is 4. The molecule has 1 aromatic carbocycles. The normalized spacial score (nSPS) is 11.2. The Kier molecular flexibility index (Phi) is 5.35. The van der Waals surface area contributed by atoms with Gasteiger partial charge in [-0.05, 0) is 44.9 Å². The summed E-state index contributed by atoms with van der Waals surface area (Å²) >= 11 is 0. The van der Waals surface area contributed by atoms with Gasteiger partial charge in [-0.25, -0.2) is 9.67 Å². The molecule has 0 fully saturated rings. The molecule has 0 radical (unpaired) electrons. The number of aryl methyl sites for hydroxylation is 4. The van der Waals surface area contributed by atoms with E-state index < -0.39 is 0 Å². The summed E-state index contributed by atoms with van der Waals surface area (Å²) < 4.78 is 3.55. The molecule has 1 amide bonds. The minimum atomic E-state index is -0.106. The van der Waals surface area contributed by atoms with Crippen molar-refractivity contribution in [2.24, 2.45) is 0 Å². The molecular formula is C23H26N6O. The number of aromatic nitrogens is 5. The number of benzene rings is 1. The molecule has 7 nitrogen and oxygen atoms in total. The first kappa shape index (κ1) is 19.8. The summed E-state index contributed by atoms with van der Waals surface area (Å²) in [5, 5.41) is 13.0. The minimum absolute atomic E-state index is 0.106. The number of pyridine rings is 1. The van der Waals surface area contributed by atoms with Crippen molar-refractivity contribution in [3.05, 3.63) is 65.2 Å². The van der Waals surface area contributed by atoms with Crippen LogP contribution < -0.4 is 5.32 Å². The minimum Gasteiger partial charge on any atom is -0.350 e. The first-order valence-electron chi connectivity index (χ1n) is 10.1. The summed E-state index contributed by atoms with van der Waals surface area (Å²) in [5.74, 6) is -0.106. The number of amides is 1. The van der Waals surface area contributed by atoms with Gasteiger partial charge in [-0.1, -0.05) is 29.8 Å². The highest BCUT2D eigenvalue weighted by atomic mass is 16.2. The molecule has 3 aromatic heterocycles. The fraction of sp³-hybridized carbons (Fsp3) is 0.304. The Bertz CT molecular complexity index is 1200. The van der Waals surface area contributed by atoms with Crippen LogP contribution in [0.2, 0.25) is 0 Å². The van der Waals surface area contributed by atoms with E-state index in [-0.39, 0.29) is 12.5 Å². The molecule has 0 saturated carbocycles. The number of carbonyl (C=O) groups excluding carboxylic acids is 1. The molecule has 0 unspecified atom stereocenters. The number of fused-ring (bicyclic) bond motifs is 1. The summed E-state index contributed by atoms with van der Waals surface area (Å²) in [4.78, 5) is 17.1. The molecule has 7 heteroatoms. The topological polar surface area (TPSA) is 77.6 Å². The SMILES string of the molecule is CCn1cc(CNC(=O)Cn2nc(C)c3c(-c4ccc(C)cc4)ccnc32)c(C)n1. The molecule has 4 rings (SSSR count). The maximum absolute atomic E-state index is 12.6. The molecule has 4 aromatic rings. The Morgan fingerprint density at radius 3 is 2.50 bits per heavy atom. The standard InChI is InChI=1S/C23H26N6O/c1-5-28-13-19(16(3)26-28)12-25-21(30)14-29-23-22(17(4)27-29)20(10-11-24-23)18-8-6-15(2)7-9-18/h6-11,13H,5,12,14H2,1-4H3,(H,25,30). The first-order chi connectivity index (χ1) is 14.5. The zero-order valence-corrected chi connectivity index (χ0v) is 17.8. The van der Waals surface area contributed by atoms with Gasteiger partial charge in [-0.2, -0.15) is 10.2 Å². The largest absolute Gasteiger partial charge is 0.350 e. The molecule has 0 aliphatic rings. The van der Waals surface area contributed by atoms with Crippen LogP contribution in [0.15, 0.2) is 42.7 Å². The molecule has 3 heterocycles. The Hall–Kier alpha value is -3.48. The van der Waals surface area contributed by atoms with Gasteiger partial charge in [-0.15, -0.1) is 0 Å². The first-order valence-corrected chi connectivity index (χ1v) is 10.1.